The zero-order valence-corrected chi connectivity index (χ0v) is 15.0. The van der Waals surface area contributed by atoms with Gasteiger partial charge in [-0.1, -0.05) is 60.7 Å². The Morgan fingerprint density at radius 2 is 1.70 bits per heavy atom. The molecule has 1 amide bonds. The Balaban J connectivity index is 1.71. The predicted molar refractivity (Wildman–Crippen MR) is 106 cm³/mol. The van der Waals surface area contributed by atoms with E-state index in [0.29, 0.717) is 5.69 Å². The van der Waals surface area contributed by atoms with Crippen LogP contribution in [0.5, 0.6) is 5.75 Å². The molecule has 3 aromatic rings. The van der Waals surface area contributed by atoms with Gasteiger partial charge in [-0.2, -0.15) is 0 Å². The molecule has 0 aliphatic heterocycles. The summed E-state index contributed by atoms with van der Waals surface area (Å²) in [6.07, 6.45) is 4.68. The maximum Gasteiger partial charge on any atom is 0.262 e. The number of carbonyl (C=O) groups is 1. The molecule has 3 rings (SSSR count). The molecule has 2 aromatic carbocycles. The van der Waals surface area contributed by atoms with Crippen LogP contribution in [0.2, 0.25) is 0 Å². The fourth-order valence-electron chi connectivity index (χ4n) is 2.54. The van der Waals surface area contributed by atoms with Gasteiger partial charge in [0.2, 0.25) is 5.43 Å². The van der Waals surface area contributed by atoms with E-state index < -0.39 is 0 Å². The molecular formula is C22H20N2O3. The number of pyridine rings is 1. The summed E-state index contributed by atoms with van der Waals surface area (Å²) in [5.41, 5.74) is 4.90. The summed E-state index contributed by atoms with van der Waals surface area (Å²) in [7, 11) is 0. The molecule has 0 aliphatic rings. The number of hydrogen-bond donors (Lipinski definition) is 1. The number of ether oxygens (including phenoxy) is 1. The highest BCUT2D eigenvalue weighted by Crippen LogP contribution is 2.13. The van der Waals surface area contributed by atoms with Gasteiger partial charge in [-0.25, -0.2) is 0 Å². The van der Waals surface area contributed by atoms with Crippen molar-refractivity contribution in [1.82, 2.24) is 4.68 Å². The van der Waals surface area contributed by atoms with E-state index in [1.165, 1.54) is 23.0 Å². The normalized spacial score (nSPS) is 10.7. The summed E-state index contributed by atoms with van der Waals surface area (Å²) in [5, 5.41) is 0. The van der Waals surface area contributed by atoms with Crippen molar-refractivity contribution in [3.63, 3.8) is 0 Å². The Hall–Kier alpha value is -3.60. The van der Waals surface area contributed by atoms with E-state index in [-0.39, 0.29) is 23.7 Å². The van der Waals surface area contributed by atoms with Gasteiger partial charge in [0.15, 0.2) is 5.75 Å². The highest BCUT2D eigenvalue weighted by Gasteiger charge is 2.10. The van der Waals surface area contributed by atoms with Crippen LogP contribution >= 0.6 is 0 Å². The molecule has 0 saturated heterocycles. The van der Waals surface area contributed by atoms with Gasteiger partial charge < -0.3 is 4.74 Å². The largest absolute Gasteiger partial charge is 0.483 e. The van der Waals surface area contributed by atoms with Gasteiger partial charge in [0.05, 0.1) is 5.69 Å². The van der Waals surface area contributed by atoms with Gasteiger partial charge in [0, 0.05) is 18.3 Å². The first-order valence-corrected chi connectivity index (χ1v) is 8.56. The average molecular weight is 360 g/mol. The van der Waals surface area contributed by atoms with Gasteiger partial charge in [-0.15, -0.1) is 0 Å². The molecule has 1 N–H and O–H groups in total. The van der Waals surface area contributed by atoms with Crippen molar-refractivity contribution in [2.24, 2.45) is 0 Å². The van der Waals surface area contributed by atoms with E-state index in [9.17, 15) is 9.59 Å². The van der Waals surface area contributed by atoms with Crippen LogP contribution in [-0.4, -0.2) is 10.6 Å². The van der Waals surface area contributed by atoms with Crippen molar-refractivity contribution in [2.45, 2.75) is 13.5 Å². The third kappa shape index (κ3) is 4.95. The molecule has 0 unspecified atom stereocenters. The summed E-state index contributed by atoms with van der Waals surface area (Å²) in [6.45, 7) is 2.01. The van der Waals surface area contributed by atoms with Crippen LogP contribution in [0.15, 0.2) is 83.8 Å². The highest BCUT2D eigenvalue weighted by atomic mass is 16.5. The first-order chi connectivity index (χ1) is 13.1. The zero-order valence-electron chi connectivity index (χ0n) is 15.0. The Labute approximate surface area is 157 Å². The van der Waals surface area contributed by atoms with Gasteiger partial charge in [0.1, 0.15) is 6.61 Å². The second-order valence-corrected chi connectivity index (χ2v) is 5.96. The van der Waals surface area contributed by atoms with E-state index in [2.05, 4.69) is 5.43 Å². The number of nitrogens with one attached hydrogen (secondary N) is 1. The maximum atomic E-state index is 12.2. The summed E-state index contributed by atoms with van der Waals surface area (Å²) < 4.78 is 7.19. The van der Waals surface area contributed by atoms with E-state index in [0.717, 1.165) is 11.1 Å². The highest BCUT2D eigenvalue weighted by molar-refractivity contribution is 5.97. The van der Waals surface area contributed by atoms with Crippen LogP contribution in [0, 0.1) is 6.92 Å². The lowest BCUT2D eigenvalue weighted by atomic mass is 10.2. The standard InChI is InChI=1S/C22H20N2O3/c1-17-22(27-16-19-10-6-3-7-11-19)20(25)14-15-24(17)23-21(26)13-12-18-8-4-2-5-9-18/h2-15H,16H2,1H3,(H,23,26)/b13-12+. The van der Waals surface area contributed by atoms with Gasteiger partial charge in [-0.3, -0.25) is 19.7 Å². The third-order valence-corrected chi connectivity index (χ3v) is 3.97. The van der Waals surface area contributed by atoms with Crippen molar-refractivity contribution < 1.29 is 9.53 Å². The van der Waals surface area contributed by atoms with E-state index in [4.69, 9.17) is 4.74 Å². The van der Waals surface area contributed by atoms with Crippen LogP contribution in [0.25, 0.3) is 6.08 Å². The molecular weight excluding hydrogens is 340 g/mol. The zero-order chi connectivity index (χ0) is 19.1. The lowest BCUT2D eigenvalue weighted by Gasteiger charge is -2.15. The lowest BCUT2D eigenvalue weighted by Crippen LogP contribution is -2.25. The lowest BCUT2D eigenvalue weighted by molar-refractivity contribution is -0.112. The smallest absolute Gasteiger partial charge is 0.262 e. The molecule has 0 spiro atoms. The van der Waals surface area contributed by atoms with Crippen molar-refractivity contribution in [1.29, 1.82) is 0 Å². The molecule has 1 heterocycles. The number of aromatic nitrogens is 1. The van der Waals surface area contributed by atoms with Crippen LogP contribution in [0.1, 0.15) is 16.8 Å². The molecule has 1 aromatic heterocycles. The van der Waals surface area contributed by atoms with E-state index >= 15 is 0 Å². The number of rotatable bonds is 6. The molecule has 27 heavy (non-hydrogen) atoms. The topological polar surface area (TPSA) is 60.3 Å². The number of hydrogen-bond acceptors (Lipinski definition) is 3. The maximum absolute atomic E-state index is 12.2. The van der Waals surface area contributed by atoms with Crippen molar-refractivity contribution >= 4 is 12.0 Å². The van der Waals surface area contributed by atoms with Gasteiger partial charge >= 0.3 is 0 Å². The number of amides is 1. The van der Waals surface area contributed by atoms with Crippen molar-refractivity contribution in [3.05, 3.63) is 106 Å². The predicted octanol–water partition coefficient (Wildman–Crippen LogP) is 3.52. The number of nitrogens with zero attached hydrogens (tertiary/aromatic N) is 1. The molecule has 0 saturated carbocycles. The van der Waals surface area contributed by atoms with Gasteiger partial charge in [-0.05, 0) is 24.1 Å². The molecule has 0 aliphatic carbocycles. The van der Waals surface area contributed by atoms with Crippen LogP contribution in [-0.2, 0) is 11.4 Å². The Morgan fingerprint density at radius 3 is 2.41 bits per heavy atom. The molecule has 0 radical (unpaired) electrons. The van der Waals surface area contributed by atoms with E-state index in [1.807, 2.05) is 60.7 Å². The minimum Gasteiger partial charge on any atom is -0.483 e. The monoisotopic (exact) mass is 360 g/mol. The van der Waals surface area contributed by atoms with Crippen LogP contribution < -0.4 is 15.6 Å². The molecule has 136 valence electrons. The Kier molecular flexibility index (Phi) is 5.84. The number of benzene rings is 2. The molecule has 5 nitrogen and oxygen atoms in total. The fourth-order valence-corrected chi connectivity index (χ4v) is 2.54. The van der Waals surface area contributed by atoms with Crippen LogP contribution in [0.3, 0.4) is 0 Å². The molecule has 0 atom stereocenters. The second-order valence-electron chi connectivity index (χ2n) is 5.96. The fraction of sp³-hybridized carbons (Fsp3) is 0.0909. The minimum atomic E-state index is -0.306. The first kappa shape index (κ1) is 18.2. The summed E-state index contributed by atoms with van der Waals surface area (Å²) in [5.74, 6) is -0.0895. The third-order valence-electron chi connectivity index (χ3n) is 3.97. The quantitative estimate of drug-likeness (QED) is 0.684. The minimum absolute atomic E-state index is 0.216. The summed E-state index contributed by atoms with van der Waals surface area (Å²) in [4.78, 5) is 24.3. The van der Waals surface area contributed by atoms with Crippen molar-refractivity contribution in [2.75, 3.05) is 5.43 Å². The van der Waals surface area contributed by atoms with E-state index in [1.54, 1.807) is 13.0 Å². The Bertz CT molecular complexity index is 993. The molecule has 0 fully saturated rings. The molecule has 0 bridgehead atoms. The SMILES string of the molecule is Cc1c(OCc2ccccc2)c(=O)ccn1NC(=O)/C=C/c1ccccc1. The Morgan fingerprint density at radius 1 is 1.04 bits per heavy atom. The average Bonchev–Trinajstić information content (AvgIpc) is 2.70. The summed E-state index contributed by atoms with van der Waals surface area (Å²) >= 11 is 0. The van der Waals surface area contributed by atoms with Crippen LogP contribution in [0.4, 0.5) is 0 Å². The van der Waals surface area contributed by atoms with Crippen molar-refractivity contribution in [3.8, 4) is 5.75 Å². The summed E-state index contributed by atoms with van der Waals surface area (Å²) in [6, 6.07) is 20.5. The number of carbonyl (C=O) groups excluding carboxylic acids is 1. The molecule has 5 heteroatoms. The van der Waals surface area contributed by atoms with Gasteiger partial charge in [0.25, 0.3) is 5.91 Å². The first-order valence-electron chi connectivity index (χ1n) is 8.56. The second kappa shape index (κ2) is 8.67.